The number of pyridine rings is 1. The number of nitrogens with zero attached hydrogens (tertiary/aromatic N) is 2. The van der Waals surface area contributed by atoms with E-state index in [-0.39, 0.29) is 10.4 Å². The molecule has 1 N–H and O–H groups in total. The summed E-state index contributed by atoms with van der Waals surface area (Å²) in [5, 5.41) is 3.37. The van der Waals surface area contributed by atoms with Gasteiger partial charge in [-0.1, -0.05) is 33.8 Å². The van der Waals surface area contributed by atoms with Crippen molar-refractivity contribution >= 4 is 10.0 Å². The average Bonchev–Trinajstić information content (AvgIpc) is 2.37. The molecule has 0 saturated heterocycles. The van der Waals surface area contributed by atoms with E-state index in [2.05, 4.69) is 17.2 Å². The summed E-state index contributed by atoms with van der Waals surface area (Å²) in [4.78, 5) is 4.11. The van der Waals surface area contributed by atoms with Crippen LogP contribution in [0.5, 0.6) is 0 Å². The van der Waals surface area contributed by atoms with Crippen molar-refractivity contribution < 1.29 is 8.42 Å². The van der Waals surface area contributed by atoms with Crippen LogP contribution in [0.15, 0.2) is 23.4 Å². The van der Waals surface area contributed by atoms with Gasteiger partial charge in [0, 0.05) is 26.3 Å². The van der Waals surface area contributed by atoms with Gasteiger partial charge in [0.2, 0.25) is 0 Å². The third kappa shape index (κ3) is 5.73. The summed E-state index contributed by atoms with van der Waals surface area (Å²) in [5.41, 5.74) is 0.895. The molecule has 0 unspecified atom stereocenters. The first-order chi connectivity index (χ1) is 9.66. The van der Waals surface area contributed by atoms with E-state index in [0.717, 1.165) is 18.5 Å². The van der Waals surface area contributed by atoms with E-state index in [4.69, 9.17) is 0 Å². The van der Waals surface area contributed by atoms with E-state index in [1.54, 1.807) is 19.3 Å². The summed E-state index contributed by atoms with van der Waals surface area (Å²) in [7, 11) is -1.92. The highest BCUT2D eigenvalue weighted by molar-refractivity contribution is 7.89. The smallest absolute Gasteiger partial charge is 0.260 e. The molecule has 0 fully saturated rings. The molecule has 1 heterocycles. The van der Waals surface area contributed by atoms with Gasteiger partial charge in [-0.05, 0) is 30.0 Å². The van der Waals surface area contributed by atoms with Crippen molar-refractivity contribution in [3.63, 3.8) is 0 Å². The van der Waals surface area contributed by atoms with Gasteiger partial charge in [-0.3, -0.25) is 0 Å². The Bertz CT molecular complexity index is 533. The molecule has 0 aliphatic heterocycles. The highest BCUT2D eigenvalue weighted by Crippen LogP contribution is 2.19. The van der Waals surface area contributed by atoms with Gasteiger partial charge in [-0.2, -0.15) is 4.31 Å². The lowest BCUT2D eigenvalue weighted by Crippen LogP contribution is -2.34. The van der Waals surface area contributed by atoms with Gasteiger partial charge < -0.3 is 5.32 Å². The zero-order chi connectivity index (χ0) is 16.1. The predicted octanol–water partition coefficient (Wildman–Crippen LogP) is 2.25. The van der Waals surface area contributed by atoms with Crippen molar-refractivity contribution in [2.45, 2.75) is 45.7 Å². The molecule has 0 aromatic carbocycles. The predicted molar refractivity (Wildman–Crippen MR) is 85.5 cm³/mol. The molecule has 1 aromatic rings. The Morgan fingerprint density at radius 3 is 2.43 bits per heavy atom. The van der Waals surface area contributed by atoms with Gasteiger partial charge in [0.1, 0.15) is 0 Å². The lowest BCUT2D eigenvalue weighted by atomic mass is 9.97. The van der Waals surface area contributed by atoms with Gasteiger partial charge in [0.25, 0.3) is 10.0 Å². The normalized spacial score (nSPS) is 12.9. The van der Waals surface area contributed by atoms with Crippen molar-refractivity contribution in [1.29, 1.82) is 0 Å². The molecular weight excluding hydrogens is 286 g/mol. The van der Waals surface area contributed by atoms with Gasteiger partial charge in [0.15, 0.2) is 5.03 Å². The maximum atomic E-state index is 12.4. The Morgan fingerprint density at radius 1 is 1.29 bits per heavy atom. The Labute approximate surface area is 128 Å². The van der Waals surface area contributed by atoms with E-state index in [1.165, 1.54) is 4.31 Å². The minimum atomic E-state index is -3.51. The standard InChI is InChI=1S/C15H27N3O2S/c1-6-9-16-10-13-7-8-14(17-11-13)21(19,20)18(5)12-15(2,3)4/h7-8,11,16H,6,9-10,12H2,1-5H3. The fourth-order valence-corrected chi connectivity index (χ4v) is 3.29. The van der Waals surface area contributed by atoms with E-state index in [1.807, 2.05) is 26.8 Å². The highest BCUT2D eigenvalue weighted by Gasteiger charge is 2.26. The summed E-state index contributed by atoms with van der Waals surface area (Å²) in [6.07, 6.45) is 2.69. The molecular formula is C15H27N3O2S. The highest BCUT2D eigenvalue weighted by atomic mass is 32.2. The van der Waals surface area contributed by atoms with Gasteiger partial charge in [0.05, 0.1) is 0 Å². The molecule has 0 atom stereocenters. The van der Waals surface area contributed by atoms with Crippen LogP contribution in [0, 0.1) is 5.41 Å². The molecule has 21 heavy (non-hydrogen) atoms. The molecule has 120 valence electrons. The van der Waals surface area contributed by atoms with Crippen LogP contribution in [0.2, 0.25) is 0 Å². The number of nitrogens with one attached hydrogen (secondary N) is 1. The first-order valence-corrected chi connectivity index (χ1v) is 8.73. The average molecular weight is 313 g/mol. The second-order valence-corrected chi connectivity index (χ2v) is 8.49. The van der Waals surface area contributed by atoms with E-state index >= 15 is 0 Å². The second-order valence-electron chi connectivity index (χ2n) is 6.50. The molecule has 0 radical (unpaired) electrons. The number of hydrogen-bond donors (Lipinski definition) is 1. The molecule has 5 nitrogen and oxygen atoms in total. The molecule has 0 amide bonds. The van der Waals surface area contributed by atoms with Crippen molar-refractivity contribution in [3.05, 3.63) is 23.9 Å². The fraction of sp³-hybridized carbons (Fsp3) is 0.667. The van der Waals surface area contributed by atoms with E-state index < -0.39 is 10.0 Å². The zero-order valence-electron chi connectivity index (χ0n) is 13.7. The fourth-order valence-electron chi connectivity index (χ4n) is 1.99. The van der Waals surface area contributed by atoms with Crippen LogP contribution in [0.3, 0.4) is 0 Å². The maximum Gasteiger partial charge on any atom is 0.260 e. The zero-order valence-corrected chi connectivity index (χ0v) is 14.5. The Balaban J connectivity index is 2.80. The van der Waals surface area contributed by atoms with Crippen molar-refractivity contribution in [3.8, 4) is 0 Å². The summed E-state index contributed by atoms with van der Waals surface area (Å²) in [6.45, 7) is 10.2. The summed E-state index contributed by atoms with van der Waals surface area (Å²) < 4.78 is 26.2. The van der Waals surface area contributed by atoms with Crippen LogP contribution in [0.1, 0.15) is 39.7 Å². The molecule has 6 heteroatoms. The molecule has 0 saturated carbocycles. The summed E-state index contributed by atoms with van der Waals surface area (Å²) >= 11 is 0. The summed E-state index contributed by atoms with van der Waals surface area (Å²) in [5.74, 6) is 0. The lowest BCUT2D eigenvalue weighted by molar-refractivity contribution is 0.310. The molecule has 0 bridgehead atoms. The number of hydrogen-bond acceptors (Lipinski definition) is 4. The first kappa shape index (κ1) is 18.1. The van der Waals surface area contributed by atoms with Gasteiger partial charge in [-0.25, -0.2) is 13.4 Å². The molecule has 1 rings (SSSR count). The van der Waals surface area contributed by atoms with Crippen LogP contribution >= 0.6 is 0 Å². The Hall–Kier alpha value is -0.980. The van der Waals surface area contributed by atoms with Crippen LogP contribution < -0.4 is 5.32 Å². The molecule has 0 spiro atoms. The Kier molecular flexibility index (Phi) is 6.31. The number of aromatic nitrogens is 1. The number of rotatable bonds is 7. The third-order valence-electron chi connectivity index (χ3n) is 2.93. The van der Waals surface area contributed by atoms with E-state index in [9.17, 15) is 8.42 Å². The minimum absolute atomic E-state index is 0.0914. The van der Waals surface area contributed by atoms with Crippen LogP contribution in [0.25, 0.3) is 0 Å². The minimum Gasteiger partial charge on any atom is -0.313 e. The van der Waals surface area contributed by atoms with Crippen LogP contribution in [0.4, 0.5) is 0 Å². The van der Waals surface area contributed by atoms with Gasteiger partial charge in [-0.15, -0.1) is 0 Å². The van der Waals surface area contributed by atoms with Crippen molar-refractivity contribution in [2.24, 2.45) is 5.41 Å². The van der Waals surface area contributed by atoms with Crippen LogP contribution in [-0.2, 0) is 16.6 Å². The first-order valence-electron chi connectivity index (χ1n) is 7.29. The third-order valence-corrected chi connectivity index (χ3v) is 4.64. The summed E-state index contributed by atoms with van der Waals surface area (Å²) in [6, 6.07) is 3.39. The Morgan fingerprint density at radius 2 is 1.95 bits per heavy atom. The van der Waals surface area contributed by atoms with Crippen molar-refractivity contribution in [2.75, 3.05) is 20.1 Å². The number of sulfonamides is 1. The largest absolute Gasteiger partial charge is 0.313 e. The monoisotopic (exact) mass is 313 g/mol. The maximum absolute atomic E-state index is 12.4. The molecule has 0 aliphatic rings. The molecule has 1 aromatic heterocycles. The quantitative estimate of drug-likeness (QED) is 0.784. The SMILES string of the molecule is CCCNCc1ccc(S(=O)(=O)N(C)CC(C)(C)C)nc1. The van der Waals surface area contributed by atoms with Crippen molar-refractivity contribution in [1.82, 2.24) is 14.6 Å². The molecule has 0 aliphatic carbocycles. The topological polar surface area (TPSA) is 62.3 Å². The van der Waals surface area contributed by atoms with E-state index in [0.29, 0.717) is 13.1 Å². The van der Waals surface area contributed by atoms with Gasteiger partial charge >= 0.3 is 0 Å². The lowest BCUT2D eigenvalue weighted by Gasteiger charge is -2.25. The second kappa shape index (κ2) is 7.33. The van der Waals surface area contributed by atoms with Crippen LogP contribution in [-0.4, -0.2) is 37.8 Å².